The van der Waals surface area contributed by atoms with E-state index in [1.165, 1.54) is 25.1 Å². The summed E-state index contributed by atoms with van der Waals surface area (Å²) in [5.74, 6) is -1.82. The maximum Gasteiger partial charge on any atom is 0.178 e. The lowest BCUT2D eigenvalue weighted by molar-refractivity contribution is 0.216. The Labute approximate surface area is 109 Å². The molecule has 0 aliphatic heterocycles. The highest BCUT2D eigenvalue weighted by molar-refractivity contribution is 5.40. The van der Waals surface area contributed by atoms with E-state index in [1.807, 2.05) is 0 Å². The number of aryl methyl sites for hydroxylation is 1. The molecule has 0 amide bonds. The lowest BCUT2D eigenvalue weighted by atomic mass is 9.86. The van der Waals surface area contributed by atoms with Crippen LogP contribution in [0.15, 0.2) is 42.5 Å². The average molecular weight is 265 g/mol. The van der Waals surface area contributed by atoms with Crippen LogP contribution in [0, 0.1) is 18.6 Å². The summed E-state index contributed by atoms with van der Waals surface area (Å²) >= 11 is 0. The van der Waals surface area contributed by atoms with E-state index in [0.717, 1.165) is 6.07 Å². The molecule has 2 aromatic carbocycles. The van der Waals surface area contributed by atoms with E-state index in [4.69, 9.17) is 5.73 Å². The predicted octanol–water partition coefficient (Wildman–Crippen LogP) is 3.45. The first-order valence-corrected chi connectivity index (χ1v) is 5.90. The third-order valence-electron chi connectivity index (χ3n) is 3.19. The van der Waals surface area contributed by atoms with E-state index in [2.05, 4.69) is 0 Å². The number of halogens is 3. The molecule has 1 unspecified atom stereocenters. The van der Waals surface area contributed by atoms with Gasteiger partial charge in [0.1, 0.15) is 11.6 Å². The molecule has 0 bridgehead atoms. The second-order valence-electron chi connectivity index (χ2n) is 4.42. The monoisotopic (exact) mass is 265 g/mol. The van der Waals surface area contributed by atoms with E-state index >= 15 is 4.39 Å². The van der Waals surface area contributed by atoms with Crippen molar-refractivity contribution < 1.29 is 13.2 Å². The van der Waals surface area contributed by atoms with Crippen molar-refractivity contribution in [3.63, 3.8) is 0 Å². The van der Waals surface area contributed by atoms with Crippen LogP contribution in [0.25, 0.3) is 0 Å². The summed E-state index contributed by atoms with van der Waals surface area (Å²) in [6.07, 6.45) is 0. The molecule has 19 heavy (non-hydrogen) atoms. The lowest BCUT2D eigenvalue weighted by Gasteiger charge is -2.26. The van der Waals surface area contributed by atoms with Gasteiger partial charge in [0.15, 0.2) is 5.67 Å². The Morgan fingerprint density at radius 2 is 1.68 bits per heavy atom. The molecule has 2 aromatic rings. The highest BCUT2D eigenvalue weighted by Gasteiger charge is 2.38. The lowest BCUT2D eigenvalue weighted by Crippen LogP contribution is -2.34. The molecule has 1 atom stereocenters. The average Bonchev–Trinajstić information content (AvgIpc) is 2.44. The normalized spacial score (nSPS) is 14.2. The molecule has 4 heteroatoms. The molecule has 1 nitrogen and oxygen atoms in total. The quantitative estimate of drug-likeness (QED) is 0.903. The van der Waals surface area contributed by atoms with Gasteiger partial charge >= 0.3 is 0 Å². The van der Waals surface area contributed by atoms with Crippen LogP contribution >= 0.6 is 0 Å². The zero-order chi connectivity index (χ0) is 14.0. The van der Waals surface area contributed by atoms with E-state index < -0.39 is 29.4 Å². The Bertz CT molecular complexity index is 583. The van der Waals surface area contributed by atoms with E-state index in [-0.39, 0.29) is 11.1 Å². The van der Waals surface area contributed by atoms with Crippen LogP contribution in [-0.4, -0.2) is 6.54 Å². The van der Waals surface area contributed by atoms with Gasteiger partial charge in [0.25, 0.3) is 0 Å². The molecule has 0 saturated carbocycles. The number of nitrogens with two attached hydrogens (primary N) is 1. The maximum atomic E-state index is 15.1. The minimum Gasteiger partial charge on any atom is -0.327 e. The molecular formula is C15H14F3N. The highest BCUT2D eigenvalue weighted by Crippen LogP contribution is 2.37. The highest BCUT2D eigenvalue weighted by atomic mass is 19.2. The Balaban J connectivity index is 2.70. The molecule has 0 aliphatic carbocycles. The summed E-state index contributed by atoms with van der Waals surface area (Å²) in [4.78, 5) is 0. The fraction of sp³-hybridized carbons (Fsp3) is 0.200. The number of benzene rings is 2. The van der Waals surface area contributed by atoms with Crippen molar-refractivity contribution in [1.82, 2.24) is 0 Å². The van der Waals surface area contributed by atoms with Gasteiger partial charge in [-0.2, -0.15) is 0 Å². The third-order valence-corrected chi connectivity index (χ3v) is 3.19. The molecule has 0 radical (unpaired) electrons. The fourth-order valence-corrected chi connectivity index (χ4v) is 2.09. The Hall–Kier alpha value is -1.81. The third kappa shape index (κ3) is 2.24. The molecule has 100 valence electrons. The molecule has 2 N–H and O–H groups in total. The van der Waals surface area contributed by atoms with Crippen molar-refractivity contribution in [1.29, 1.82) is 0 Å². The van der Waals surface area contributed by atoms with Crippen molar-refractivity contribution in [2.75, 3.05) is 6.54 Å². The minimum atomic E-state index is -2.37. The summed E-state index contributed by atoms with van der Waals surface area (Å²) in [6.45, 7) is 0.925. The van der Waals surface area contributed by atoms with Crippen molar-refractivity contribution in [2.45, 2.75) is 12.6 Å². The van der Waals surface area contributed by atoms with Gasteiger partial charge in [-0.1, -0.05) is 36.4 Å². The number of rotatable bonds is 3. The van der Waals surface area contributed by atoms with E-state index in [0.29, 0.717) is 0 Å². The molecule has 0 saturated heterocycles. The summed E-state index contributed by atoms with van der Waals surface area (Å²) in [5, 5.41) is 0. The summed E-state index contributed by atoms with van der Waals surface area (Å²) in [7, 11) is 0. The number of hydrogen-bond acceptors (Lipinski definition) is 1. The standard InChI is InChI=1S/C15H14F3N/c1-10-7-8-12(16)13(14(10)17)15(18,9-19)11-5-3-2-4-6-11/h2-8H,9,19H2,1H3. The van der Waals surface area contributed by atoms with Crippen LogP contribution in [-0.2, 0) is 5.67 Å². The first-order valence-electron chi connectivity index (χ1n) is 5.90. The van der Waals surface area contributed by atoms with Crippen molar-refractivity contribution in [2.24, 2.45) is 5.73 Å². The number of hydrogen-bond donors (Lipinski definition) is 1. The Morgan fingerprint density at radius 1 is 1.05 bits per heavy atom. The van der Waals surface area contributed by atoms with Crippen LogP contribution in [0.3, 0.4) is 0 Å². The van der Waals surface area contributed by atoms with Gasteiger partial charge in [0.2, 0.25) is 0 Å². The molecular weight excluding hydrogens is 251 g/mol. The predicted molar refractivity (Wildman–Crippen MR) is 68.5 cm³/mol. The van der Waals surface area contributed by atoms with E-state index in [9.17, 15) is 8.78 Å². The van der Waals surface area contributed by atoms with Crippen LogP contribution in [0.1, 0.15) is 16.7 Å². The zero-order valence-electron chi connectivity index (χ0n) is 10.5. The van der Waals surface area contributed by atoms with Gasteiger partial charge in [-0.05, 0) is 24.1 Å². The number of alkyl halides is 1. The molecule has 0 fully saturated rings. The van der Waals surface area contributed by atoms with Gasteiger partial charge in [-0.15, -0.1) is 0 Å². The first-order chi connectivity index (χ1) is 9.00. The molecule has 0 aromatic heterocycles. The van der Waals surface area contributed by atoms with Gasteiger partial charge in [0, 0.05) is 6.54 Å². The van der Waals surface area contributed by atoms with Crippen LogP contribution in [0.4, 0.5) is 13.2 Å². The van der Waals surface area contributed by atoms with Gasteiger partial charge in [0.05, 0.1) is 5.56 Å². The topological polar surface area (TPSA) is 26.0 Å². The molecule has 0 spiro atoms. The van der Waals surface area contributed by atoms with Gasteiger partial charge in [-0.3, -0.25) is 0 Å². The Kier molecular flexibility index (Phi) is 3.62. The minimum absolute atomic E-state index is 0.140. The van der Waals surface area contributed by atoms with Gasteiger partial charge < -0.3 is 5.73 Å². The van der Waals surface area contributed by atoms with E-state index in [1.54, 1.807) is 18.2 Å². The largest absolute Gasteiger partial charge is 0.327 e. The first kappa shape index (κ1) is 13.6. The van der Waals surface area contributed by atoms with Crippen molar-refractivity contribution in [3.8, 4) is 0 Å². The SMILES string of the molecule is Cc1ccc(F)c(C(F)(CN)c2ccccc2)c1F. The van der Waals surface area contributed by atoms with Gasteiger partial charge in [-0.25, -0.2) is 13.2 Å². The summed E-state index contributed by atoms with van der Waals surface area (Å²) in [6, 6.07) is 10.2. The molecule has 0 aliphatic rings. The fourth-order valence-electron chi connectivity index (χ4n) is 2.09. The van der Waals surface area contributed by atoms with Crippen LogP contribution in [0.2, 0.25) is 0 Å². The van der Waals surface area contributed by atoms with Crippen molar-refractivity contribution >= 4 is 0 Å². The Morgan fingerprint density at radius 3 is 2.26 bits per heavy atom. The molecule has 2 rings (SSSR count). The molecule has 0 heterocycles. The summed E-state index contributed by atoms with van der Waals surface area (Å²) in [5.41, 5.74) is 2.78. The summed E-state index contributed by atoms with van der Waals surface area (Å²) < 4.78 is 43.0. The smallest absolute Gasteiger partial charge is 0.178 e. The zero-order valence-corrected chi connectivity index (χ0v) is 10.5. The van der Waals surface area contributed by atoms with Crippen molar-refractivity contribution in [3.05, 3.63) is 70.8 Å². The maximum absolute atomic E-state index is 15.1. The van der Waals surface area contributed by atoms with Crippen LogP contribution in [0.5, 0.6) is 0 Å². The van der Waals surface area contributed by atoms with Crippen LogP contribution < -0.4 is 5.73 Å². The second-order valence-corrected chi connectivity index (χ2v) is 4.42. The second kappa shape index (κ2) is 5.05.